The van der Waals surface area contributed by atoms with Crippen LogP contribution in [0.5, 0.6) is 0 Å². The molecule has 0 saturated carbocycles. The fourth-order valence-corrected chi connectivity index (χ4v) is 1.91. The highest BCUT2D eigenvalue weighted by molar-refractivity contribution is 5.89. The smallest absolute Gasteiger partial charge is 0.166 e. The van der Waals surface area contributed by atoms with Crippen LogP contribution < -0.4 is 5.73 Å². The SMILES string of the molecule is CC(C)c1cc(N)cc2ccc(F)c(F)c12. The van der Waals surface area contributed by atoms with Crippen LogP contribution in [0.25, 0.3) is 10.8 Å². The third kappa shape index (κ3) is 1.62. The summed E-state index contributed by atoms with van der Waals surface area (Å²) >= 11 is 0. The zero-order chi connectivity index (χ0) is 11.9. The van der Waals surface area contributed by atoms with E-state index in [4.69, 9.17) is 5.73 Å². The summed E-state index contributed by atoms with van der Waals surface area (Å²) < 4.78 is 26.9. The summed E-state index contributed by atoms with van der Waals surface area (Å²) in [7, 11) is 0. The van der Waals surface area contributed by atoms with Crippen LogP contribution in [-0.4, -0.2) is 0 Å². The van der Waals surface area contributed by atoms with E-state index in [2.05, 4.69) is 0 Å². The van der Waals surface area contributed by atoms with Crippen LogP contribution in [0.15, 0.2) is 24.3 Å². The molecule has 2 aromatic carbocycles. The van der Waals surface area contributed by atoms with E-state index in [-0.39, 0.29) is 5.92 Å². The summed E-state index contributed by atoms with van der Waals surface area (Å²) in [4.78, 5) is 0. The predicted octanol–water partition coefficient (Wildman–Crippen LogP) is 3.82. The first-order valence-corrected chi connectivity index (χ1v) is 5.18. The summed E-state index contributed by atoms with van der Waals surface area (Å²) in [5.74, 6) is -1.51. The normalized spacial score (nSPS) is 11.3. The minimum atomic E-state index is -0.820. The molecular weight excluding hydrogens is 208 g/mol. The molecular formula is C13H13F2N. The maximum Gasteiger partial charge on any atom is 0.166 e. The molecule has 0 aliphatic rings. The molecule has 0 aliphatic heterocycles. The van der Waals surface area contributed by atoms with Crippen molar-refractivity contribution in [1.29, 1.82) is 0 Å². The number of fused-ring (bicyclic) bond motifs is 1. The van der Waals surface area contributed by atoms with E-state index in [1.807, 2.05) is 13.8 Å². The van der Waals surface area contributed by atoms with Gasteiger partial charge in [0.2, 0.25) is 0 Å². The minimum Gasteiger partial charge on any atom is -0.399 e. The number of nitrogen functional groups attached to an aromatic ring is 1. The molecule has 0 radical (unpaired) electrons. The first-order chi connectivity index (χ1) is 7.50. The molecule has 0 amide bonds. The molecule has 2 rings (SSSR count). The lowest BCUT2D eigenvalue weighted by Gasteiger charge is -2.12. The highest BCUT2D eigenvalue weighted by atomic mass is 19.2. The Hall–Kier alpha value is -1.64. The summed E-state index contributed by atoms with van der Waals surface area (Å²) in [5, 5.41) is 0.979. The first-order valence-electron chi connectivity index (χ1n) is 5.18. The Morgan fingerprint density at radius 2 is 1.81 bits per heavy atom. The van der Waals surface area contributed by atoms with E-state index < -0.39 is 11.6 Å². The zero-order valence-corrected chi connectivity index (χ0v) is 9.22. The van der Waals surface area contributed by atoms with Gasteiger partial charge in [0.25, 0.3) is 0 Å². The Morgan fingerprint density at radius 3 is 2.44 bits per heavy atom. The zero-order valence-electron chi connectivity index (χ0n) is 9.22. The molecule has 16 heavy (non-hydrogen) atoms. The summed E-state index contributed by atoms with van der Waals surface area (Å²) in [6.07, 6.45) is 0. The standard InChI is InChI=1S/C13H13F2N/c1-7(2)10-6-9(16)5-8-3-4-11(14)13(15)12(8)10/h3-7H,16H2,1-2H3. The second-order valence-corrected chi connectivity index (χ2v) is 4.22. The second kappa shape index (κ2) is 3.74. The quantitative estimate of drug-likeness (QED) is 0.728. The molecule has 0 heterocycles. The maximum absolute atomic E-state index is 13.7. The largest absolute Gasteiger partial charge is 0.399 e. The van der Waals surface area contributed by atoms with Crippen LogP contribution in [-0.2, 0) is 0 Å². The molecule has 0 unspecified atom stereocenters. The molecule has 0 aliphatic carbocycles. The van der Waals surface area contributed by atoms with Crippen molar-refractivity contribution in [3.8, 4) is 0 Å². The highest BCUT2D eigenvalue weighted by Gasteiger charge is 2.13. The lowest BCUT2D eigenvalue weighted by Crippen LogP contribution is -1.97. The molecule has 0 saturated heterocycles. The number of rotatable bonds is 1. The van der Waals surface area contributed by atoms with Crippen molar-refractivity contribution in [1.82, 2.24) is 0 Å². The van der Waals surface area contributed by atoms with E-state index in [1.165, 1.54) is 0 Å². The fraction of sp³-hybridized carbons (Fsp3) is 0.231. The Balaban J connectivity index is 2.92. The van der Waals surface area contributed by atoms with E-state index in [1.54, 1.807) is 18.2 Å². The Morgan fingerprint density at radius 1 is 1.12 bits per heavy atom. The van der Waals surface area contributed by atoms with Gasteiger partial charge in [0.15, 0.2) is 11.6 Å². The van der Waals surface area contributed by atoms with Crippen molar-refractivity contribution >= 4 is 16.5 Å². The Bertz CT molecular complexity index is 547. The van der Waals surface area contributed by atoms with Crippen LogP contribution in [0.2, 0.25) is 0 Å². The third-order valence-corrected chi connectivity index (χ3v) is 2.68. The molecule has 0 fully saturated rings. The van der Waals surface area contributed by atoms with Crippen molar-refractivity contribution in [2.45, 2.75) is 19.8 Å². The molecule has 0 aromatic heterocycles. The fourth-order valence-electron chi connectivity index (χ4n) is 1.91. The average molecular weight is 221 g/mol. The van der Waals surface area contributed by atoms with Crippen LogP contribution in [0.4, 0.5) is 14.5 Å². The van der Waals surface area contributed by atoms with Gasteiger partial charge in [-0.25, -0.2) is 8.78 Å². The van der Waals surface area contributed by atoms with Gasteiger partial charge in [0.05, 0.1) is 0 Å². The van der Waals surface area contributed by atoms with Gasteiger partial charge in [0, 0.05) is 11.1 Å². The third-order valence-electron chi connectivity index (χ3n) is 2.68. The topological polar surface area (TPSA) is 26.0 Å². The van der Waals surface area contributed by atoms with Crippen LogP contribution in [0.1, 0.15) is 25.3 Å². The van der Waals surface area contributed by atoms with Crippen molar-refractivity contribution in [2.75, 3.05) is 5.73 Å². The van der Waals surface area contributed by atoms with Gasteiger partial charge in [0.1, 0.15) is 0 Å². The van der Waals surface area contributed by atoms with Crippen molar-refractivity contribution in [3.63, 3.8) is 0 Å². The van der Waals surface area contributed by atoms with Crippen molar-refractivity contribution < 1.29 is 8.78 Å². The minimum absolute atomic E-state index is 0.0994. The summed E-state index contributed by atoms with van der Waals surface area (Å²) in [6, 6.07) is 6.04. The molecule has 84 valence electrons. The maximum atomic E-state index is 13.7. The Kier molecular flexibility index (Phi) is 2.54. The highest BCUT2D eigenvalue weighted by Crippen LogP contribution is 2.31. The Labute approximate surface area is 92.9 Å². The number of benzene rings is 2. The molecule has 0 spiro atoms. The molecule has 2 N–H and O–H groups in total. The van der Waals surface area contributed by atoms with Gasteiger partial charge in [-0.15, -0.1) is 0 Å². The van der Waals surface area contributed by atoms with Crippen LogP contribution in [0, 0.1) is 11.6 Å². The number of halogens is 2. The van der Waals surface area contributed by atoms with Crippen molar-refractivity contribution in [2.24, 2.45) is 0 Å². The van der Waals surface area contributed by atoms with E-state index >= 15 is 0 Å². The second-order valence-electron chi connectivity index (χ2n) is 4.22. The molecule has 1 nitrogen and oxygen atoms in total. The number of nitrogens with two attached hydrogens (primary N) is 1. The van der Waals surface area contributed by atoms with E-state index in [0.29, 0.717) is 16.5 Å². The number of hydrogen-bond donors (Lipinski definition) is 1. The van der Waals surface area contributed by atoms with Gasteiger partial charge in [-0.1, -0.05) is 19.9 Å². The van der Waals surface area contributed by atoms with Gasteiger partial charge < -0.3 is 5.73 Å². The van der Waals surface area contributed by atoms with Crippen molar-refractivity contribution in [3.05, 3.63) is 41.5 Å². The molecule has 0 bridgehead atoms. The summed E-state index contributed by atoms with van der Waals surface area (Å²) in [6.45, 7) is 3.86. The van der Waals surface area contributed by atoms with Gasteiger partial charge in [-0.2, -0.15) is 0 Å². The van der Waals surface area contributed by atoms with Gasteiger partial charge in [-0.05, 0) is 35.1 Å². The summed E-state index contributed by atoms with van der Waals surface area (Å²) in [5.41, 5.74) is 7.05. The monoisotopic (exact) mass is 221 g/mol. The van der Waals surface area contributed by atoms with E-state index in [0.717, 1.165) is 11.6 Å². The molecule has 3 heteroatoms. The lowest BCUT2D eigenvalue weighted by atomic mass is 9.95. The number of hydrogen-bond acceptors (Lipinski definition) is 1. The first kappa shape index (κ1) is 10.9. The van der Waals surface area contributed by atoms with E-state index in [9.17, 15) is 8.78 Å². The predicted molar refractivity (Wildman–Crippen MR) is 62.4 cm³/mol. The molecule has 0 atom stereocenters. The van der Waals surface area contributed by atoms with Crippen LogP contribution >= 0.6 is 0 Å². The number of anilines is 1. The average Bonchev–Trinajstić information content (AvgIpc) is 2.22. The lowest BCUT2D eigenvalue weighted by molar-refractivity contribution is 0.516. The van der Waals surface area contributed by atoms with Gasteiger partial charge in [-0.3, -0.25) is 0 Å². The van der Waals surface area contributed by atoms with Gasteiger partial charge >= 0.3 is 0 Å². The molecule has 2 aromatic rings. The van der Waals surface area contributed by atoms with Crippen LogP contribution in [0.3, 0.4) is 0 Å².